The first-order chi connectivity index (χ1) is 9.56. The van der Waals surface area contributed by atoms with Crippen LogP contribution < -0.4 is 5.32 Å². The van der Waals surface area contributed by atoms with Crippen molar-refractivity contribution in [3.63, 3.8) is 0 Å². The molecule has 0 aliphatic heterocycles. The zero-order chi connectivity index (χ0) is 14.5. The normalized spacial score (nSPS) is 10.7. The van der Waals surface area contributed by atoms with Crippen molar-refractivity contribution in [1.82, 2.24) is 0 Å². The minimum Gasteiger partial charge on any atom is -0.478 e. The number of hydrogen-bond acceptors (Lipinski definition) is 3. The molecule has 20 heavy (non-hydrogen) atoms. The number of carbonyl (C=O) groups is 2. The minimum absolute atomic E-state index is 0.0547. The summed E-state index contributed by atoms with van der Waals surface area (Å²) in [5.74, 6) is -0.929. The van der Waals surface area contributed by atoms with Crippen LogP contribution in [0.15, 0.2) is 47.1 Å². The zero-order valence-corrected chi connectivity index (χ0v) is 10.9. The van der Waals surface area contributed by atoms with E-state index in [9.17, 15) is 9.59 Å². The van der Waals surface area contributed by atoms with Gasteiger partial charge in [0.25, 0.3) is 0 Å². The number of carbonyl (C=O) groups excluding carboxylic acids is 1. The number of furan rings is 1. The Balaban J connectivity index is 2.06. The van der Waals surface area contributed by atoms with Crippen LogP contribution in [-0.2, 0) is 4.79 Å². The van der Waals surface area contributed by atoms with E-state index in [0.717, 1.165) is 0 Å². The standard InChI is InChI=1S/C14H10ClNO4/c15-11-8-9(14(18)19)3-5-12(11)16-13(17)6-4-10-2-1-7-20-10/h1-8H,(H,16,17)(H,18,19). The molecule has 2 aromatic rings. The molecule has 0 atom stereocenters. The van der Waals surface area contributed by atoms with E-state index in [1.165, 1.54) is 36.6 Å². The number of carboxylic acid groups (broad SMARTS) is 1. The van der Waals surface area contributed by atoms with Gasteiger partial charge in [0.1, 0.15) is 5.76 Å². The Kier molecular flexibility index (Phi) is 4.22. The van der Waals surface area contributed by atoms with Gasteiger partial charge in [-0.3, -0.25) is 4.79 Å². The van der Waals surface area contributed by atoms with Crippen molar-refractivity contribution in [3.05, 3.63) is 59.0 Å². The molecule has 6 heteroatoms. The fraction of sp³-hybridized carbons (Fsp3) is 0. The number of rotatable bonds is 4. The van der Waals surface area contributed by atoms with Gasteiger partial charge in [0.15, 0.2) is 0 Å². The molecule has 0 saturated carbocycles. The number of carboxylic acids is 1. The first-order valence-corrected chi connectivity index (χ1v) is 5.99. The first-order valence-electron chi connectivity index (χ1n) is 5.61. The fourth-order valence-corrected chi connectivity index (χ4v) is 1.70. The lowest BCUT2D eigenvalue weighted by Crippen LogP contribution is -2.08. The van der Waals surface area contributed by atoms with Crippen molar-refractivity contribution in [2.24, 2.45) is 0 Å². The number of benzene rings is 1. The second kappa shape index (κ2) is 6.08. The Hall–Kier alpha value is -2.53. The predicted molar refractivity (Wildman–Crippen MR) is 74.8 cm³/mol. The van der Waals surface area contributed by atoms with Gasteiger partial charge in [-0.25, -0.2) is 4.79 Å². The average Bonchev–Trinajstić information content (AvgIpc) is 2.91. The molecule has 0 spiro atoms. The van der Waals surface area contributed by atoms with E-state index in [2.05, 4.69) is 5.32 Å². The highest BCUT2D eigenvalue weighted by molar-refractivity contribution is 6.34. The van der Waals surface area contributed by atoms with Crippen LogP contribution in [0, 0.1) is 0 Å². The second-order valence-electron chi connectivity index (χ2n) is 3.84. The molecular weight excluding hydrogens is 282 g/mol. The maximum atomic E-state index is 11.7. The SMILES string of the molecule is O=C(C=Cc1ccco1)Nc1ccc(C(=O)O)cc1Cl. The van der Waals surface area contributed by atoms with Gasteiger partial charge in [-0.15, -0.1) is 0 Å². The van der Waals surface area contributed by atoms with Crippen molar-refractivity contribution in [1.29, 1.82) is 0 Å². The van der Waals surface area contributed by atoms with Crippen LogP contribution in [0.5, 0.6) is 0 Å². The molecule has 1 heterocycles. The van der Waals surface area contributed by atoms with Crippen molar-refractivity contribution < 1.29 is 19.1 Å². The topological polar surface area (TPSA) is 79.5 Å². The van der Waals surface area contributed by atoms with Gasteiger partial charge in [-0.05, 0) is 36.4 Å². The third kappa shape index (κ3) is 3.49. The minimum atomic E-state index is -1.08. The summed E-state index contributed by atoms with van der Waals surface area (Å²) in [5.41, 5.74) is 0.393. The van der Waals surface area contributed by atoms with Crippen LogP contribution in [0.1, 0.15) is 16.1 Å². The van der Waals surface area contributed by atoms with Gasteiger partial charge in [0.05, 0.1) is 22.5 Å². The molecule has 0 aliphatic carbocycles. The Morgan fingerprint density at radius 2 is 2.10 bits per heavy atom. The van der Waals surface area contributed by atoms with E-state index in [1.807, 2.05) is 0 Å². The molecular formula is C14H10ClNO4. The zero-order valence-electron chi connectivity index (χ0n) is 10.2. The van der Waals surface area contributed by atoms with Crippen molar-refractivity contribution in [2.45, 2.75) is 0 Å². The number of aromatic carboxylic acids is 1. The highest BCUT2D eigenvalue weighted by atomic mass is 35.5. The smallest absolute Gasteiger partial charge is 0.335 e. The maximum absolute atomic E-state index is 11.7. The van der Waals surface area contributed by atoms with E-state index < -0.39 is 11.9 Å². The van der Waals surface area contributed by atoms with Gasteiger partial charge < -0.3 is 14.8 Å². The summed E-state index contributed by atoms with van der Waals surface area (Å²) in [7, 11) is 0. The predicted octanol–water partition coefficient (Wildman–Crippen LogP) is 3.28. The summed E-state index contributed by atoms with van der Waals surface area (Å²) in [5, 5.41) is 11.5. The lowest BCUT2D eigenvalue weighted by molar-refractivity contribution is -0.111. The molecule has 102 valence electrons. The summed E-state index contributed by atoms with van der Waals surface area (Å²) in [6.07, 6.45) is 4.30. The maximum Gasteiger partial charge on any atom is 0.335 e. The lowest BCUT2D eigenvalue weighted by Gasteiger charge is -2.05. The Bertz CT molecular complexity index is 662. The Morgan fingerprint density at radius 3 is 2.70 bits per heavy atom. The molecule has 0 bridgehead atoms. The van der Waals surface area contributed by atoms with Crippen LogP contribution in [0.25, 0.3) is 6.08 Å². The number of anilines is 1. The summed E-state index contributed by atoms with van der Waals surface area (Å²) in [4.78, 5) is 22.4. The van der Waals surface area contributed by atoms with Crippen LogP contribution >= 0.6 is 11.6 Å². The second-order valence-corrected chi connectivity index (χ2v) is 4.24. The van der Waals surface area contributed by atoms with Gasteiger partial charge in [-0.1, -0.05) is 11.6 Å². The molecule has 2 N–H and O–H groups in total. The highest BCUT2D eigenvalue weighted by Gasteiger charge is 2.08. The van der Waals surface area contributed by atoms with Crippen LogP contribution in [-0.4, -0.2) is 17.0 Å². The lowest BCUT2D eigenvalue weighted by atomic mass is 10.2. The van der Waals surface area contributed by atoms with E-state index in [0.29, 0.717) is 11.4 Å². The van der Waals surface area contributed by atoms with Crippen LogP contribution in [0.4, 0.5) is 5.69 Å². The van der Waals surface area contributed by atoms with Gasteiger partial charge in [-0.2, -0.15) is 0 Å². The van der Waals surface area contributed by atoms with Crippen molar-refractivity contribution in [3.8, 4) is 0 Å². The average molecular weight is 292 g/mol. The fourth-order valence-electron chi connectivity index (χ4n) is 1.47. The van der Waals surface area contributed by atoms with Crippen LogP contribution in [0.3, 0.4) is 0 Å². The van der Waals surface area contributed by atoms with E-state index in [1.54, 1.807) is 12.1 Å². The molecule has 1 aromatic carbocycles. The van der Waals surface area contributed by atoms with Gasteiger partial charge in [0.2, 0.25) is 5.91 Å². The molecule has 1 aromatic heterocycles. The van der Waals surface area contributed by atoms with Gasteiger partial charge >= 0.3 is 5.97 Å². The monoisotopic (exact) mass is 291 g/mol. The van der Waals surface area contributed by atoms with E-state index >= 15 is 0 Å². The molecule has 0 fully saturated rings. The molecule has 0 aliphatic rings. The van der Waals surface area contributed by atoms with Gasteiger partial charge in [0, 0.05) is 6.08 Å². The Morgan fingerprint density at radius 1 is 1.30 bits per heavy atom. The molecule has 0 unspecified atom stereocenters. The summed E-state index contributed by atoms with van der Waals surface area (Å²) < 4.78 is 5.04. The largest absolute Gasteiger partial charge is 0.478 e. The summed E-state index contributed by atoms with van der Waals surface area (Å²) >= 11 is 5.90. The Labute approximate surface area is 119 Å². The summed E-state index contributed by atoms with van der Waals surface area (Å²) in [6, 6.07) is 7.48. The molecule has 0 radical (unpaired) electrons. The number of halogens is 1. The van der Waals surface area contributed by atoms with Crippen molar-refractivity contribution >= 4 is 35.2 Å². The quantitative estimate of drug-likeness (QED) is 0.847. The molecule has 1 amide bonds. The van der Waals surface area contributed by atoms with E-state index in [4.69, 9.17) is 21.1 Å². The third-order valence-corrected chi connectivity index (χ3v) is 2.73. The number of hydrogen-bond donors (Lipinski definition) is 2. The summed E-state index contributed by atoms with van der Waals surface area (Å²) in [6.45, 7) is 0. The highest BCUT2D eigenvalue weighted by Crippen LogP contribution is 2.23. The van der Waals surface area contributed by atoms with E-state index in [-0.39, 0.29) is 10.6 Å². The van der Waals surface area contributed by atoms with Crippen molar-refractivity contribution in [2.75, 3.05) is 5.32 Å². The number of nitrogens with one attached hydrogen (secondary N) is 1. The third-order valence-electron chi connectivity index (χ3n) is 2.42. The molecule has 5 nitrogen and oxygen atoms in total. The number of amides is 1. The van der Waals surface area contributed by atoms with Crippen LogP contribution in [0.2, 0.25) is 5.02 Å². The first kappa shape index (κ1) is 13.9. The molecule has 0 saturated heterocycles. The molecule has 2 rings (SSSR count).